The highest BCUT2D eigenvalue weighted by atomic mass is 79.9. The molecule has 5 heteroatoms. The zero-order chi connectivity index (χ0) is 13.9. The molecule has 0 radical (unpaired) electrons. The van der Waals surface area contributed by atoms with E-state index in [4.69, 9.17) is 4.84 Å². The van der Waals surface area contributed by atoms with Crippen molar-refractivity contribution in [3.05, 3.63) is 46.1 Å². The maximum Gasteiger partial charge on any atom is 0.253 e. The third-order valence-electron chi connectivity index (χ3n) is 3.71. The van der Waals surface area contributed by atoms with Gasteiger partial charge >= 0.3 is 0 Å². The normalized spacial score (nSPS) is 22.4. The molecule has 1 fully saturated rings. The molecular weight excluding hydrogens is 320 g/mol. The molecule has 3 rings (SSSR count). The second-order valence-electron chi connectivity index (χ2n) is 5.13. The van der Waals surface area contributed by atoms with Gasteiger partial charge in [0.2, 0.25) is 0 Å². The number of rotatable bonds is 2. The summed E-state index contributed by atoms with van der Waals surface area (Å²) in [5, 5.41) is 0. The van der Waals surface area contributed by atoms with Gasteiger partial charge in [0, 0.05) is 18.7 Å². The first-order chi connectivity index (χ1) is 9.74. The Kier molecular flexibility index (Phi) is 4.08. The van der Waals surface area contributed by atoms with Gasteiger partial charge in [-0.1, -0.05) is 12.1 Å². The molecule has 1 saturated heterocycles. The molecule has 1 aromatic carbocycles. The van der Waals surface area contributed by atoms with Crippen LogP contribution in [-0.4, -0.2) is 23.9 Å². The summed E-state index contributed by atoms with van der Waals surface area (Å²) in [7, 11) is 0. The van der Waals surface area contributed by atoms with Crippen LogP contribution in [0.1, 0.15) is 41.3 Å². The van der Waals surface area contributed by atoms with E-state index in [1.165, 1.54) is 6.42 Å². The summed E-state index contributed by atoms with van der Waals surface area (Å²) in [5.74, 6) is 0.137. The summed E-state index contributed by atoms with van der Waals surface area (Å²) in [4.78, 5) is 19.7. The highest BCUT2D eigenvalue weighted by molar-refractivity contribution is 9.11. The molecule has 20 heavy (non-hydrogen) atoms. The fourth-order valence-electron chi connectivity index (χ4n) is 2.58. The monoisotopic (exact) mass is 336 g/mol. The highest BCUT2D eigenvalue weighted by Crippen LogP contribution is 2.26. The van der Waals surface area contributed by atoms with Crippen LogP contribution in [0.25, 0.3) is 0 Å². The Morgan fingerprint density at radius 1 is 1.20 bits per heavy atom. The van der Waals surface area contributed by atoms with E-state index >= 15 is 0 Å². The Labute approximate surface area is 126 Å². The Hall–Kier alpha value is -1.33. The SMILES string of the molecule is O=C(c1ccc([C@@H]2C=C(Br)NO2)cc1)N1CCCCC1. The first kappa shape index (κ1) is 13.6. The Balaban J connectivity index is 1.71. The lowest BCUT2D eigenvalue weighted by Gasteiger charge is -2.26. The molecule has 2 heterocycles. The highest BCUT2D eigenvalue weighted by Gasteiger charge is 2.20. The number of benzene rings is 1. The predicted molar refractivity (Wildman–Crippen MR) is 80.2 cm³/mol. The number of piperidine rings is 1. The van der Waals surface area contributed by atoms with Crippen molar-refractivity contribution in [3.63, 3.8) is 0 Å². The number of nitrogens with zero attached hydrogens (tertiary/aromatic N) is 1. The summed E-state index contributed by atoms with van der Waals surface area (Å²) in [6.45, 7) is 1.76. The fraction of sp³-hybridized carbons (Fsp3) is 0.400. The van der Waals surface area contributed by atoms with E-state index in [-0.39, 0.29) is 12.0 Å². The maximum absolute atomic E-state index is 12.3. The van der Waals surface area contributed by atoms with E-state index < -0.39 is 0 Å². The maximum atomic E-state index is 12.3. The van der Waals surface area contributed by atoms with Crippen molar-refractivity contribution in [2.45, 2.75) is 25.4 Å². The Bertz CT molecular complexity index is 521. The minimum absolute atomic E-state index is 0.108. The third kappa shape index (κ3) is 2.88. The summed E-state index contributed by atoms with van der Waals surface area (Å²) < 4.78 is 0.830. The number of amides is 1. The van der Waals surface area contributed by atoms with E-state index in [1.54, 1.807) is 0 Å². The lowest BCUT2D eigenvalue weighted by molar-refractivity contribution is 0.0457. The predicted octanol–water partition coefficient (Wildman–Crippen LogP) is 3.12. The van der Waals surface area contributed by atoms with Gasteiger partial charge in [-0.05, 0) is 59.0 Å². The van der Waals surface area contributed by atoms with Gasteiger partial charge in [-0.25, -0.2) is 0 Å². The summed E-state index contributed by atoms with van der Waals surface area (Å²) in [5.41, 5.74) is 4.54. The number of hydroxylamine groups is 1. The molecule has 1 amide bonds. The van der Waals surface area contributed by atoms with Gasteiger partial charge < -0.3 is 4.90 Å². The standard InChI is InChI=1S/C15H17BrN2O2/c16-14-10-13(20-17-14)11-4-6-12(7-5-11)15(19)18-8-2-1-3-9-18/h4-7,10,13,17H,1-3,8-9H2/t13-/m0/s1. The number of carbonyl (C=O) groups excluding carboxylic acids is 1. The van der Waals surface area contributed by atoms with E-state index in [0.29, 0.717) is 0 Å². The smallest absolute Gasteiger partial charge is 0.253 e. The van der Waals surface area contributed by atoms with Gasteiger partial charge in [0.1, 0.15) is 10.7 Å². The molecule has 1 aromatic rings. The van der Waals surface area contributed by atoms with Gasteiger partial charge in [-0.2, -0.15) is 0 Å². The number of hydrogen-bond acceptors (Lipinski definition) is 3. The molecular formula is C15H17BrN2O2. The van der Waals surface area contributed by atoms with Crippen molar-refractivity contribution in [3.8, 4) is 0 Å². The molecule has 0 bridgehead atoms. The van der Waals surface area contributed by atoms with Gasteiger partial charge in [-0.15, -0.1) is 0 Å². The lowest BCUT2D eigenvalue weighted by atomic mass is 10.0. The number of hydrogen-bond donors (Lipinski definition) is 1. The molecule has 1 atom stereocenters. The van der Waals surface area contributed by atoms with Gasteiger partial charge in [0.05, 0.1) is 0 Å². The van der Waals surface area contributed by atoms with Crippen LogP contribution in [0.5, 0.6) is 0 Å². The molecule has 1 N–H and O–H groups in total. The van der Waals surface area contributed by atoms with E-state index in [1.807, 2.05) is 35.2 Å². The molecule has 0 saturated carbocycles. The number of halogens is 1. The third-order valence-corrected chi connectivity index (χ3v) is 4.14. The molecule has 4 nitrogen and oxygen atoms in total. The van der Waals surface area contributed by atoms with Crippen molar-refractivity contribution >= 4 is 21.8 Å². The van der Waals surface area contributed by atoms with Crippen molar-refractivity contribution in [2.75, 3.05) is 13.1 Å². The fourth-order valence-corrected chi connectivity index (χ4v) is 2.91. The van der Waals surface area contributed by atoms with Crippen LogP contribution in [0.15, 0.2) is 34.9 Å². The summed E-state index contributed by atoms with van der Waals surface area (Å²) >= 11 is 3.33. The zero-order valence-electron chi connectivity index (χ0n) is 11.1. The largest absolute Gasteiger partial charge is 0.339 e. The topological polar surface area (TPSA) is 41.6 Å². The molecule has 0 aliphatic carbocycles. The molecule has 0 unspecified atom stereocenters. The van der Waals surface area contributed by atoms with Crippen LogP contribution in [0, 0.1) is 0 Å². The molecule has 106 valence electrons. The second kappa shape index (κ2) is 5.97. The average Bonchev–Trinajstić information content (AvgIpc) is 2.94. The molecule has 0 spiro atoms. The van der Waals surface area contributed by atoms with Crippen LogP contribution < -0.4 is 5.48 Å². The van der Waals surface area contributed by atoms with Gasteiger partial charge in [0.15, 0.2) is 0 Å². The Morgan fingerprint density at radius 2 is 1.90 bits per heavy atom. The average molecular weight is 337 g/mol. The van der Waals surface area contributed by atoms with Crippen molar-refractivity contribution in [2.24, 2.45) is 0 Å². The molecule has 0 aromatic heterocycles. The number of nitrogens with one attached hydrogen (secondary N) is 1. The van der Waals surface area contributed by atoms with Crippen LogP contribution in [-0.2, 0) is 4.84 Å². The first-order valence-corrected chi connectivity index (χ1v) is 7.71. The summed E-state index contributed by atoms with van der Waals surface area (Å²) in [6.07, 6.45) is 5.30. The van der Waals surface area contributed by atoms with Crippen LogP contribution in [0.4, 0.5) is 0 Å². The zero-order valence-corrected chi connectivity index (χ0v) is 12.7. The van der Waals surface area contributed by atoms with Crippen molar-refractivity contribution < 1.29 is 9.63 Å². The molecule has 2 aliphatic rings. The van der Waals surface area contributed by atoms with Gasteiger partial charge in [-0.3, -0.25) is 15.1 Å². The number of likely N-dealkylation sites (tertiary alicyclic amines) is 1. The minimum atomic E-state index is -0.108. The first-order valence-electron chi connectivity index (χ1n) is 6.92. The van der Waals surface area contributed by atoms with Gasteiger partial charge in [0.25, 0.3) is 5.91 Å². The summed E-state index contributed by atoms with van der Waals surface area (Å²) in [6, 6.07) is 7.67. The van der Waals surface area contributed by atoms with Crippen LogP contribution in [0.2, 0.25) is 0 Å². The number of carbonyl (C=O) groups is 1. The Morgan fingerprint density at radius 3 is 2.50 bits per heavy atom. The van der Waals surface area contributed by atoms with E-state index in [0.717, 1.165) is 41.7 Å². The van der Waals surface area contributed by atoms with Crippen LogP contribution >= 0.6 is 15.9 Å². The minimum Gasteiger partial charge on any atom is -0.339 e. The van der Waals surface area contributed by atoms with Crippen LogP contribution in [0.3, 0.4) is 0 Å². The quantitative estimate of drug-likeness (QED) is 0.843. The van der Waals surface area contributed by atoms with Crippen molar-refractivity contribution in [1.29, 1.82) is 0 Å². The van der Waals surface area contributed by atoms with E-state index in [2.05, 4.69) is 21.4 Å². The van der Waals surface area contributed by atoms with Crippen molar-refractivity contribution in [1.82, 2.24) is 10.4 Å². The van der Waals surface area contributed by atoms with E-state index in [9.17, 15) is 4.79 Å². The molecule has 2 aliphatic heterocycles. The lowest BCUT2D eigenvalue weighted by Crippen LogP contribution is -2.35. The second-order valence-corrected chi connectivity index (χ2v) is 5.98.